The first-order valence-corrected chi connectivity index (χ1v) is 6.87. The highest BCUT2D eigenvalue weighted by atomic mass is 19.3. The van der Waals surface area contributed by atoms with E-state index in [2.05, 4.69) is 15.2 Å². The average molecular weight is 309 g/mol. The number of carbonyl (C=O) groups excluding carboxylic acids is 1. The standard InChI is InChI=1S/C15H17F2N3O2/c1-11-9-19-20(10-11)8-2-7-18-14(21)12-3-5-13(6-4-12)22-15(16)17/h3-6,9-10,15H,2,7-8H2,1H3,(H,18,21). The maximum atomic E-state index is 12.0. The van der Waals surface area contributed by atoms with E-state index in [0.717, 1.165) is 18.5 Å². The number of aromatic nitrogens is 2. The fraction of sp³-hybridized carbons (Fsp3) is 0.333. The van der Waals surface area contributed by atoms with Crippen LogP contribution in [-0.2, 0) is 6.54 Å². The Hall–Kier alpha value is -2.44. The summed E-state index contributed by atoms with van der Waals surface area (Å²) >= 11 is 0. The van der Waals surface area contributed by atoms with E-state index in [-0.39, 0.29) is 11.7 Å². The molecule has 0 atom stereocenters. The molecule has 2 aromatic rings. The zero-order valence-electron chi connectivity index (χ0n) is 12.1. The Labute approximate surface area is 126 Å². The molecular formula is C15H17F2N3O2. The number of nitrogens with one attached hydrogen (secondary N) is 1. The van der Waals surface area contributed by atoms with Gasteiger partial charge in [0.05, 0.1) is 6.20 Å². The highest BCUT2D eigenvalue weighted by Crippen LogP contribution is 2.14. The monoisotopic (exact) mass is 309 g/mol. The zero-order chi connectivity index (χ0) is 15.9. The molecule has 1 aromatic heterocycles. The number of hydrogen-bond acceptors (Lipinski definition) is 3. The van der Waals surface area contributed by atoms with E-state index in [1.807, 2.05) is 17.8 Å². The molecule has 1 heterocycles. The van der Waals surface area contributed by atoms with Gasteiger partial charge in [0.1, 0.15) is 5.75 Å². The van der Waals surface area contributed by atoms with E-state index >= 15 is 0 Å². The van der Waals surface area contributed by atoms with Crippen LogP contribution in [0.4, 0.5) is 8.78 Å². The highest BCUT2D eigenvalue weighted by molar-refractivity contribution is 5.94. The molecule has 5 nitrogen and oxygen atoms in total. The van der Waals surface area contributed by atoms with E-state index in [4.69, 9.17) is 0 Å². The number of amides is 1. The van der Waals surface area contributed by atoms with E-state index in [1.165, 1.54) is 24.3 Å². The van der Waals surface area contributed by atoms with Gasteiger partial charge in [0.2, 0.25) is 0 Å². The first-order valence-electron chi connectivity index (χ1n) is 6.87. The van der Waals surface area contributed by atoms with Crippen molar-refractivity contribution in [3.8, 4) is 5.75 Å². The number of nitrogens with zero attached hydrogens (tertiary/aromatic N) is 2. The van der Waals surface area contributed by atoms with E-state index in [0.29, 0.717) is 12.1 Å². The van der Waals surface area contributed by atoms with Crippen molar-refractivity contribution in [3.63, 3.8) is 0 Å². The van der Waals surface area contributed by atoms with Crippen LogP contribution in [0.3, 0.4) is 0 Å². The Balaban J connectivity index is 1.74. The summed E-state index contributed by atoms with van der Waals surface area (Å²) in [5, 5.41) is 6.92. The lowest BCUT2D eigenvalue weighted by atomic mass is 10.2. The van der Waals surface area contributed by atoms with Crippen molar-refractivity contribution in [2.75, 3.05) is 6.54 Å². The van der Waals surface area contributed by atoms with Crippen molar-refractivity contribution in [3.05, 3.63) is 47.8 Å². The minimum Gasteiger partial charge on any atom is -0.435 e. The summed E-state index contributed by atoms with van der Waals surface area (Å²) in [4.78, 5) is 11.9. The molecule has 0 spiro atoms. The minimum atomic E-state index is -2.87. The predicted molar refractivity (Wildman–Crippen MR) is 77.0 cm³/mol. The molecule has 0 unspecified atom stereocenters. The Morgan fingerprint density at radius 3 is 2.68 bits per heavy atom. The first-order chi connectivity index (χ1) is 10.5. The summed E-state index contributed by atoms with van der Waals surface area (Å²) < 4.78 is 30.1. The van der Waals surface area contributed by atoms with Crippen molar-refractivity contribution in [2.45, 2.75) is 26.5 Å². The summed E-state index contributed by atoms with van der Waals surface area (Å²) in [7, 11) is 0. The second-order valence-electron chi connectivity index (χ2n) is 4.79. The van der Waals surface area contributed by atoms with Crippen LogP contribution < -0.4 is 10.1 Å². The first kappa shape index (κ1) is 15.9. The third-order valence-corrected chi connectivity index (χ3v) is 2.95. The average Bonchev–Trinajstić information content (AvgIpc) is 2.89. The molecule has 1 aromatic carbocycles. The largest absolute Gasteiger partial charge is 0.435 e. The van der Waals surface area contributed by atoms with Gasteiger partial charge in [0.15, 0.2) is 0 Å². The molecule has 0 aliphatic carbocycles. The second kappa shape index (κ2) is 7.53. The van der Waals surface area contributed by atoms with Gasteiger partial charge >= 0.3 is 6.61 Å². The van der Waals surface area contributed by atoms with Gasteiger partial charge in [-0.2, -0.15) is 13.9 Å². The molecule has 7 heteroatoms. The Morgan fingerprint density at radius 1 is 1.36 bits per heavy atom. The fourth-order valence-corrected chi connectivity index (χ4v) is 1.92. The molecule has 0 bridgehead atoms. The molecule has 1 amide bonds. The summed E-state index contributed by atoms with van der Waals surface area (Å²) in [6.07, 6.45) is 4.46. The minimum absolute atomic E-state index is 0.0283. The van der Waals surface area contributed by atoms with Gasteiger partial charge < -0.3 is 10.1 Å². The number of aryl methyl sites for hydroxylation is 2. The maximum Gasteiger partial charge on any atom is 0.387 e. The number of ether oxygens (including phenoxy) is 1. The van der Waals surface area contributed by atoms with Gasteiger partial charge in [0, 0.05) is 24.8 Å². The van der Waals surface area contributed by atoms with Crippen LogP contribution in [0.25, 0.3) is 0 Å². The van der Waals surface area contributed by atoms with Crippen molar-refractivity contribution in [2.24, 2.45) is 0 Å². The third kappa shape index (κ3) is 4.83. The molecule has 0 saturated heterocycles. The van der Waals surface area contributed by atoms with Crippen LogP contribution in [0.15, 0.2) is 36.7 Å². The normalized spacial score (nSPS) is 10.7. The van der Waals surface area contributed by atoms with Crippen LogP contribution in [-0.4, -0.2) is 28.8 Å². The van der Waals surface area contributed by atoms with Gasteiger partial charge in [-0.25, -0.2) is 0 Å². The van der Waals surface area contributed by atoms with Gasteiger partial charge in [-0.15, -0.1) is 0 Å². The van der Waals surface area contributed by atoms with Crippen LogP contribution in [0, 0.1) is 6.92 Å². The van der Waals surface area contributed by atoms with Crippen molar-refractivity contribution in [1.82, 2.24) is 15.1 Å². The van der Waals surface area contributed by atoms with Crippen LogP contribution >= 0.6 is 0 Å². The van der Waals surface area contributed by atoms with Crippen molar-refractivity contribution < 1.29 is 18.3 Å². The Kier molecular flexibility index (Phi) is 5.46. The van der Waals surface area contributed by atoms with Crippen molar-refractivity contribution >= 4 is 5.91 Å². The number of alkyl halides is 2. The quantitative estimate of drug-likeness (QED) is 0.800. The Bertz CT molecular complexity index is 612. The van der Waals surface area contributed by atoms with Crippen LogP contribution in [0.1, 0.15) is 22.3 Å². The van der Waals surface area contributed by atoms with Crippen LogP contribution in [0.5, 0.6) is 5.75 Å². The fourth-order valence-electron chi connectivity index (χ4n) is 1.92. The number of carbonyl (C=O) groups is 1. The Morgan fingerprint density at radius 2 is 2.09 bits per heavy atom. The third-order valence-electron chi connectivity index (χ3n) is 2.95. The van der Waals surface area contributed by atoms with E-state index in [9.17, 15) is 13.6 Å². The molecule has 2 rings (SSSR count). The zero-order valence-corrected chi connectivity index (χ0v) is 12.1. The molecule has 0 aliphatic rings. The molecule has 118 valence electrons. The number of benzene rings is 1. The van der Waals surface area contributed by atoms with E-state index in [1.54, 1.807) is 6.20 Å². The van der Waals surface area contributed by atoms with Gasteiger partial charge in [-0.1, -0.05) is 0 Å². The summed E-state index contributed by atoms with van der Waals surface area (Å²) in [6.45, 7) is 0.320. The number of hydrogen-bond donors (Lipinski definition) is 1. The molecule has 0 saturated carbocycles. The predicted octanol–water partition coefficient (Wildman–Crippen LogP) is 2.61. The smallest absolute Gasteiger partial charge is 0.387 e. The lowest BCUT2D eigenvalue weighted by Crippen LogP contribution is -2.25. The second-order valence-corrected chi connectivity index (χ2v) is 4.79. The van der Waals surface area contributed by atoms with E-state index < -0.39 is 6.61 Å². The summed E-state index contributed by atoms with van der Waals surface area (Å²) in [5.41, 5.74) is 1.49. The molecule has 22 heavy (non-hydrogen) atoms. The molecule has 0 fully saturated rings. The number of rotatable bonds is 7. The SMILES string of the molecule is Cc1cnn(CCCNC(=O)c2ccc(OC(F)F)cc2)c1. The van der Waals surface area contributed by atoms with Crippen molar-refractivity contribution in [1.29, 1.82) is 0 Å². The summed E-state index contributed by atoms with van der Waals surface area (Å²) in [5.74, 6) is -0.221. The molecular weight excluding hydrogens is 292 g/mol. The lowest BCUT2D eigenvalue weighted by molar-refractivity contribution is -0.0498. The van der Waals surface area contributed by atoms with Gasteiger partial charge in [-0.05, 0) is 43.2 Å². The maximum absolute atomic E-state index is 12.0. The number of halogens is 2. The topological polar surface area (TPSA) is 56.2 Å². The van der Waals surface area contributed by atoms with Gasteiger partial charge in [0.25, 0.3) is 5.91 Å². The molecule has 0 radical (unpaired) electrons. The lowest BCUT2D eigenvalue weighted by Gasteiger charge is -2.07. The van der Waals surface area contributed by atoms with Crippen LogP contribution in [0.2, 0.25) is 0 Å². The van der Waals surface area contributed by atoms with Gasteiger partial charge in [-0.3, -0.25) is 9.48 Å². The summed E-state index contributed by atoms with van der Waals surface area (Å²) in [6, 6.07) is 5.58. The molecule has 0 aliphatic heterocycles. The molecule has 1 N–H and O–H groups in total. The highest BCUT2D eigenvalue weighted by Gasteiger charge is 2.07.